The first kappa shape index (κ1) is 16.9. The van der Waals surface area contributed by atoms with Crippen molar-refractivity contribution in [2.75, 3.05) is 19.6 Å². The van der Waals surface area contributed by atoms with E-state index in [0.29, 0.717) is 18.0 Å². The van der Waals surface area contributed by atoms with E-state index in [0.717, 1.165) is 35.7 Å². The molecule has 2 rings (SSSR count). The smallest absolute Gasteiger partial charge is 0.244 e. The molecule has 1 fully saturated rings. The fourth-order valence-electron chi connectivity index (χ4n) is 2.66. The van der Waals surface area contributed by atoms with Crippen molar-refractivity contribution < 1.29 is 8.42 Å². The number of sulfonamides is 1. The van der Waals surface area contributed by atoms with Crippen molar-refractivity contribution in [1.29, 1.82) is 0 Å². The Balaban J connectivity index is 2.17. The molecule has 1 aromatic rings. The van der Waals surface area contributed by atoms with E-state index in [1.165, 1.54) is 0 Å². The number of aryl methyl sites for hydroxylation is 1. The lowest BCUT2D eigenvalue weighted by molar-refractivity contribution is 0.375. The molecule has 0 amide bonds. The van der Waals surface area contributed by atoms with Crippen LogP contribution in [0.5, 0.6) is 0 Å². The maximum Gasteiger partial charge on any atom is 0.244 e. The van der Waals surface area contributed by atoms with Crippen molar-refractivity contribution in [3.63, 3.8) is 0 Å². The van der Waals surface area contributed by atoms with Crippen LogP contribution in [0.15, 0.2) is 11.0 Å². The van der Waals surface area contributed by atoms with E-state index in [-0.39, 0.29) is 5.41 Å². The van der Waals surface area contributed by atoms with Crippen LogP contribution in [-0.2, 0) is 16.6 Å². The average Bonchev–Trinajstić information content (AvgIpc) is 2.93. The predicted molar refractivity (Wildman–Crippen MR) is 88.2 cm³/mol. The first-order chi connectivity index (χ1) is 9.76. The Kier molecular flexibility index (Phi) is 5.13. The van der Waals surface area contributed by atoms with E-state index in [1.807, 2.05) is 13.0 Å². The second-order valence-electron chi connectivity index (χ2n) is 6.56. The van der Waals surface area contributed by atoms with Crippen molar-refractivity contribution in [2.45, 2.75) is 52.0 Å². The number of thiophene rings is 1. The summed E-state index contributed by atoms with van der Waals surface area (Å²) in [6.45, 7) is 11.2. The van der Waals surface area contributed by atoms with E-state index in [9.17, 15) is 8.42 Å². The Morgan fingerprint density at radius 3 is 2.71 bits per heavy atom. The van der Waals surface area contributed by atoms with Crippen molar-refractivity contribution in [3.8, 4) is 0 Å². The van der Waals surface area contributed by atoms with Crippen LogP contribution in [0.25, 0.3) is 0 Å². The van der Waals surface area contributed by atoms with Gasteiger partial charge in [-0.05, 0) is 37.8 Å². The molecule has 21 heavy (non-hydrogen) atoms. The van der Waals surface area contributed by atoms with Gasteiger partial charge in [0.15, 0.2) is 0 Å². The lowest BCUT2D eigenvalue weighted by atomic mass is 9.93. The molecule has 0 bridgehead atoms. The molecule has 0 aromatic carbocycles. The molecular weight excluding hydrogens is 304 g/mol. The fourth-order valence-corrected chi connectivity index (χ4v) is 5.87. The predicted octanol–water partition coefficient (Wildman–Crippen LogP) is 2.98. The van der Waals surface area contributed by atoms with Gasteiger partial charge in [-0.15, -0.1) is 11.3 Å². The Morgan fingerprint density at radius 2 is 2.14 bits per heavy atom. The summed E-state index contributed by atoms with van der Waals surface area (Å²) in [7, 11) is -3.33. The lowest BCUT2D eigenvalue weighted by Crippen LogP contribution is -2.30. The highest BCUT2D eigenvalue weighted by Gasteiger charge is 2.37. The monoisotopic (exact) mass is 330 g/mol. The van der Waals surface area contributed by atoms with E-state index >= 15 is 0 Å². The highest BCUT2D eigenvalue weighted by atomic mass is 32.2. The molecule has 0 spiro atoms. The Morgan fingerprint density at radius 1 is 1.43 bits per heavy atom. The third kappa shape index (κ3) is 3.86. The summed E-state index contributed by atoms with van der Waals surface area (Å²) >= 11 is 1.58. The Labute approximate surface area is 132 Å². The molecule has 0 unspecified atom stereocenters. The van der Waals surface area contributed by atoms with Gasteiger partial charge < -0.3 is 5.32 Å². The average molecular weight is 331 g/mol. The summed E-state index contributed by atoms with van der Waals surface area (Å²) in [5, 5.41) is 3.33. The number of hydrogen-bond acceptors (Lipinski definition) is 4. The van der Waals surface area contributed by atoms with Crippen LogP contribution >= 0.6 is 11.3 Å². The SMILES string of the molecule is CCCNCc1cc(S(=O)(=O)N2CCC(C)(C)C2)c(C)s1. The highest BCUT2D eigenvalue weighted by molar-refractivity contribution is 7.89. The first-order valence-electron chi connectivity index (χ1n) is 7.56. The Hall–Kier alpha value is -0.430. The third-order valence-electron chi connectivity index (χ3n) is 3.91. The molecule has 0 radical (unpaired) electrons. The number of nitrogens with one attached hydrogen (secondary N) is 1. The van der Waals surface area contributed by atoms with Crippen molar-refractivity contribution >= 4 is 21.4 Å². The zero-order valence-corrected chi connectivity index (χ0v) is 15.0. The molecule has 6 heteroatoms. The van der Waals surface area contributed by atoms with Gasteiger partial charge in [-0.3, -0.25) is 0 Å². The van der Waals surface area contributed by atoms with Crippen molar-refractivity contribution in [2.24, 2.45) is 5.41 Å². The van der Waals surface area contributed by atoms with Gasteiger partial charge in [-0.25, -0.2) is 8.42 Å². The molecule has 120 valence electrons. The van der Waals surface area contributed by atoms with Crippen molar-refractivity contribution in [3.05, 3.63) is 15.8 Å². The summed E-state index contributed by atoms with van der Waals surface area (Å²) in [6, 6.07) is 1.85. The first-order valence-corrected chi connectivity index (χ1v) is 9.82. The molecule has 0 atom stereocenters. The Bertz CT molecular complexity index is 591. The van der Waals surface area contributed by atoms with E-state index in [1.54, 1.807) is 15.6 Å². The highest BCUT2D eigenvalue weighted by Crippen LogP contribution is 2.35. The molecule has 4 nitrogen and oxygen atoms in total. The topological polar surface area (TPSA) is 49.4 Å². The van der Waals surface area contributed by atoms with Crippen LogP contribution in [0.1, 0.15) is 43.4 Å². The van der Waals surface area contributed by atoms with Crippen LogP contribution in [0.2, 0.25) is 0 Å². The van der Waals surface area contributed by atoms with Crippen LogP contribution < -0.4 is 5.32 Å². The van der Waals surface area contributed by atoms with Crippen LogP contribution in [-0.4, -0.2) is 32.4 Å². The van der Waals surface area contributed by atoms with E-state index in [4.69, 9.17) is 0 Å². The maximum absolute atomic E-state index is 12.8. The molecule has 1 aliphatic rings. The zero-order valence-electron chi connectivity index (χ0n) is 13.4. The van der Waals surface area contributed by atoms with Gasteiger partial charge in [0.1, 0.15) is 0 Å². The molecular formula is C15H26N2O2S2. The van der Waals surface area contributed by atoms with Gasteiger partial charge in [-0.1, -0.05) is 20.8 Å². The summed E-state index contributed by atoms with van der Waals surface area (Å²) in [6.07, 6.45) is 2.01. The quantitative estimate of drug-likeness (QED) is 0.816. The second kappa shape index (κ2) is 6.36. The van der Waals surface area contributed by atoms with Gasteiger partial charge in [-0.2, -0.15) is 4.31 Å². The normalized spacial score (nSPS) is 19.2. The van der Waals surface area contributed by atoms with Crippen LogP contribution in [0.3, 0.4) is 0 Å². The number of rotatable bonds is 6. The minimum atomic E-state index is -3.33. The van der Waals surface area contributed by atoms with Crippen LogP contribution in [0, 0.1) is 12.3 Å². The fraction of sp³-hybridized carbons (Fsp3) is 0.733. The molecule has 2 heterocycles. The van der Waals surface area contributed by atoms with Gasteiger partial charge >= 0.3 is 0 Å². The largest absolute Gasteiger partial charge is 0.312 e. The second-order valence-corrected chi connectivity index (χ2v) is 9.81. The molecule has 1 aliphatic heterocycles. The van der Waals surface area contributed by atoms with Crippen molar-refractivity contribution in [1.82, 2.24) is 9.62 Å². The minimum Gasteiger partial charge on any atom is -0.312 e. The minimum absolute atomic E-state index is 0.0858. The van der Waals surface area contributed by atoms with E-state index in [2.05, 4.69) is 26.1 Å². The number of hydrogen-bond donors (Lipinski definition) is 1. The molecule has 0 aliphatic carbocycles. The standard InChI is InChI=1S/C15H26N2O2S2/c1-5-7-16-10-13-9-14(12(2)20-13)21(18,19)17-8-6-15(3,4)11-17/h9,16H,5-8,10-11H2,1-4H3. The van der Waals surface area contributed by atoms with Gasteiger partial charge in [0.25, 0.3) is 0 Å². The van der Waals surface area contributed by atoms with Gasteiger partial charge in [0.05, 0.1) is 4.90 Å². The summed E-state index contributed by atoms with van der Waals surface area (Å²) in [5.41, 5.74) is 0.0858. The molecule has 1 N–H and O–H groups in total. The third-order valence-corrected chi connectivity index (χ3v) is 7.06. The molecule has 1 aromatic heterocycles. The lowest BCUT2D eigenvalue weighted by Gasteiger charge is -2.19. The van der Waals surface area contributed by atoms with Gasteiger partial charge in [0, 0.05) is 29.4 Å². The molecule has 1 saturated heterocycles. The summed E-state index contributed by atoms with van der Waals surface area (Å²) in [4.78, 5) is 2.49. The van der Waals surface area contributed by atoms with E-state index < -0.39 is 10.0 Å². The number of nitrogens with zero attached hydrogens (tertiary/aromatic N) is 1. The summed E-state index contributed by atoms with van der Waals surface area (Å²) < 4.78 is 27.2. The maximum atomic E-state index is 12.8. The van der Waals surface area contributed by atoms with Crippen LogP contribution in [0.4, 0.5) is 0 Å². The molecule has 0 saturated carbocycles. The zero-order chi connectivity index (χ0) is 15.7. The van der Waals surface area contributed by atoms with Gasteiger partial charge in [0.2, 0.25) is 10.0 Å². The summed E-state index contributed by atoms with van der Waals surface area (Å²) in [5.74, 6) is 0.